The predicted octanol–water partition coefficient (Wildman–Crippen LogP) is 3.95. The average Bonchev–Trinajstić information content (AvgIpc) is 3.59. The summed E-state index contributed by atoms with van der Waals surface area (Å²) in [6.07, 6.45) is 0.165. The molecule has 1 aliphatic heterocycles. The minimum Gasteiger partial charge on any atom is -0.491 e. The van der Waals surface area contributed by atoms with Crippen LogP contribution in [0.3, 0.4) is 0 Å². The van der Waals surface area contributed by atoms with Crippen molar-refractivity contribution < 1.29 is 19.1 Å². The maximum Gasteiger partial charge on any atom is 0.265 e. The van der Waals surface area contributed by atoms with Crippen LogP contribution in [-0.4, -0.2) is 31.1 Å². The van der Waals surface area contributed by atoms with E-state index in [9.17, 15) is 9.59 Å². The Morgan fingerprint density at radius 2 is 1.36 bits per heavy atom. The topological polar surface area (TPSA) is 59.1 Å². The number of anilines is 1. The number of benzene rings is 3. The number of carbonyl (C=O) groups is 2. The van der Waals surface area contributed by atoms with Crippen molar-refractivity contribution in [3.8, 4) is 5.75 Å². The molecule has 0 aliphatic carbocycles. The fraction of sp³-hybridized carbons (Fsp3) is 0.130. The zero-order valence-corrected chi connectivity index (χ0v) is 15.2. The molecule has 3 aromatic carbocycles. The van der Waals surface area contributed by atoms with E-state index in [0.29, 0.717) is 29.2 Å². The molecule has 140 valence electrons. The molecule has 1 unspecified atom stereocenters. The molecule has 0 aromatic heterocycles. The molecule has 1 atom stereocenters. The summed E-state index contributed by atoms with van der Waals surface area (Å²) in [5.74, 6) is -0.104. The number of hydrogen-bond acceptors (Lipinski definition) is 4. The van der Waals surface area contributed by atoms with Gasteiger partial charge >= 0.3 is 0 Å². The summed E-state index contributed by atoms with van der Waals surface area (Å²) >= 11 is 0. The van der Waals surface area contributed by atoms with Crippen molar-refractivity contribution in [2.45, 2.75) is 6.10 Å². The first-order chi connectivity index (χ1) is 13.7. The van der Waals surface area contributed by atoms with Crippen molar-refractivity contribution in [1.82, 2.24) is 0 Å². The Kier molecular flexibility index (Phi) is 5.17. The standard InChI is InChI=1S/C23H19NO4/c25-22(17-7-3-1-4-8-17)24(19-9-5-2-6-10-19)23(26)18-11-13-20(14-12-18)27-15-21-16-28-21/h1-14,21H,15-16H2. The minimum atomic E-state index is -0.392. The maximum atomic E-state index is 13.2. The summed E-state index contributed by atoms with van der Waals surface area (Å²) in [5, 5.41) is 0. The number of ether oxygens (including phenoxy) is 2. The lowest BCUT2D eigenvalue weighted by Crippen LogP contribution is -2.37. The van der Waals surface area contributed by atoms with Gasteiger partial charge in [-0.2, -0.15) is 0 Å². The smallest absolute Gasteiger partial charge is 0.265 e. The van der Waals surface area contributed by atoms with Crippen molar-refractivity contribution in [3.05, 3.63) is 96.1 Å². The van der Waals surface area contributed by atoms with Crippen LogP contribution in [0.25, 0.3) is 0 Å². The molecule has 1 heterocycles. The number of nitrogens with zero attached hydrogens (tertiary/aromatic N) is 1. The zero-order chi connectivity index (χ0) is 19.3. The quantitative estimate of drug-likeness (QED) is 0.485. The van der Waals surface area contributed by atoms with Gasteiger partial charge in [-0.3, -0.25) is 9.59 Å². The molecule has 0 spiro atoms. The number of hydrogen-bond donors (Lipinski definition) is 0. The van der Waals surface area contributed by atoms with E-state index in [2.05, 4.69) is 0 Å². The number of imide groups is 1. The summed E-state index contributed by atoms with van der Waals surface area (Å²) in [6.45, 7) is 1.22. The van der Waals surface area contributed by atoms with Gasteiger partial charge in [0.05, 0.1) is 12.3 Å². The van der Waals surface area contributed by atoms with E-state index in [4.69, 9.17) is 9.47 Å². The second-order valence-electron chi connectivity index (χ2n) is 6.44. The molecule has 1 fully saturated rings. The van der Waals surface area contributed by atoms with Gasteiger partial charge in [-0.1, -0.05) is 36.4 Å². The molecule has 5 nitrogen and oxygen atoms in total. The van der Waals surface area contributed by atoms with E-state index < -0.39 is 5.91 Å². The largest absolute Gasteiger partial charge is 0.491 e. The Bertz CT molecular complexity index is 951. The van der Waals surface area contributed by atoms with E-state index in [1.807, 2.05) is 12.1 Å². The van der Waals surface area contributed by atoms with Gasteiger partial charge in [-0.15, -0.1) is 0 Å². The second kappa shape index (κ2) is 8.06. The van der Waals surface area contributed by atoms with Crippen molar-refractivity contribution in [2.24, 2.45) is 0 Å². The van der Waals surface area contributed by atoms with E-state index in [1.54, 1.807) is 72.8 Å². The molecule has 28 heavy (non-hydrogen) atoms. The van der Waals surface area contributed by atoms with E-state index in [0.717, 1.165) is 6.61 Å². The van der Waals surface area contributed by atoms with E-state index in [-0.39, 0.29) is 12.0 Å². The van der Waals surface area contributed by atoms with Gasteiger partial charge in [-0.05, 0) is 48.5 Å². The lowest BCUT2D eigenvalue weighted by atomic mass is 10.1. The summed E-state index contributed by atoms with van der Waals surface area (Å²) in [4.78, 5) is 27.5. The molecule has 1 aliphatic rings. The molecule has 2 amide bonds. The minimum absolute atomic E-state index is 0.165. The molecule has 1 saturated heterocycles. The van der Waals surface area contributed by atoms with Gasteiger partial charge < -0.3 is 9.47 Å². The first kappa shape index (κ1) is 17.9. The van der Waals surface area contributed by atoms with Crippen LogP contribution in [0.15, 0.2) is 84.9 Å². The SMILES string of the molecule is O=C(c1ccccc1)N(C(=O)c1ccc(OCC2CO2)cc1)c1ccccc1. The lowest BCUT2D eigenvalue weighted by Gasteiger charge is -2.21. The second-order valence-corrected chi connectivity index (χ2v) is 6.44. The molecule has 5 heteroatoms. The van der Waals surface area contributed by atoms with Crippen LogP contribution < -0.4 is 9.64 Å². The van der Waals surface area contributed by atoms with Crippen LogP contribution in [0.1, 0.15) is 20.7 Å². The lowest BCUT2D eigenvalue weighted by molar-refractivity contribution is 0.0897. The molecule has 3 aromatic rings. The molecule has 0 radical (unpaired) electrons. The van der Waals surface area contributed by atoms with Gasteiger partial charge in [-0.25, -0.2) is 4.90 Å². The van der Waals surface area contributed by atoms with Gasteiger partial charge in [0.15, 0.2) is 0 Å². The highest BCUT2D eigenvalue weighted by molar-refractivity contribution is 6.25. The molecular weight excluding hydrogens is 354 g/mol. The fourth-order valence-electron chi connectivity index (χ4n) is 2.79. The Hall–Kier alpha value is -3.44. The summed E-state index contributed by atoms with van der Waals surface area (Å²) in [7, 11) is 0. The third-order valence-electron chi connectivity index (χ3n) is 4.38. The van der Waals surface area contributed by atoms with Crippen LogP contribution in [0.2, 0.25) is 0 Å². The highest BCUT2D eigenvalue weighted by Crippen LogP contribution is 2.22. The number of amides is 2. The van der Waals surface area contributed by atoms with Gasteiger partial charge in [0.2, 0.25) is 0 Å². The molecule has 4 rings (SSSR count). The maximum absolute atomic E-state index is 13.2. The summed E-state index contributed by atoms with van der Waals surface area (Å²) < 4.78 is 10.7. The van der Waals surface area contributed by atoms with Gasteiger partial charge in [0, 0.05) is 11.1 Å². The molecule has 0 N–H and O–H groups in total. The highest BCUT2D eigenvalue weighted by atomic mass is 16.6. The average molecular weight is 373 g/mol. The fourth-order valence-corrected chi connectivity index (χ4v) is 2.79. The van der Waals surface area contributed by atoms with E-state index >= 15 is 0 Å². The monoisotopic (exact) mass is 373 g/mol. The van der Waals surface area contributed by atoms with Crippen molar-refractivity contribution >= 4 is 17.5 Å². The zero-order valence-electron chi connectivity index (χ0n) is 15.2. The third kappa shape index (κ3) is 4.10. The normalized spacial score (nSPS) is 14.9. The molecule has 0 saturated carbocycles. The number of rotatable bonds is 6. The van der Waals surface area contributed by atoms with Crippen LogP contribution in [0, 0.1) is 0 Å². The van der Waals surface area contributed by atoms with Crippen LogP contribution in [0.4, 0.5) is 5.69 Å². The van der Waals surface area contributed by atoms with Crippen molar-refractivity contribution in [3.63, 3.8) is 0 Å². The highest BCUT2D eigenvalue weighted by Gasteiger charge is 2.26. The Morgan fingerprint density at radius 1 is 0.821 bits per heavy atom. The van der Waals surface area contributed by atoms with Crippen LogP contribution >= 0.6 is 0 Å². The number of para-hydroxylation sites is 1. The Labute approximate surface area is 163 Å². The van der Waals surface area contributed by atoms with Gasteiger partial charge in [0.1, 0.15) is 18.5 Å². The van der Waals surface area contributed by atoms with Crippen molar-refractivity contribution in [1.29, 1.82) is 0 Å². The number of epoxide rings is 1. The number of carbonyl (C=O) groups excluding carboxylic acids is 2. The van der Waals surface area contributed by atoms with E-state index in [1.165, 1.54) is 4.90 Å². The predicted molar refractivity (Wildman–Crippen MR) is 106 cm³/mol. The van der Waals surface area contributed by atoms with Gasteiger partial charge in [0.25, 0.3) is 11.8 Å². The first-order valence-corrected chi connectivity index (χ1v) is 9.06. The molecule has 0 bridgehead atoms. The van der Waals surface area contributed by atoms with Crippen LogP contribution in [0.5, 0.6) is 5.75 Å². The molecular formula is C23H19NO4. The summed E-state index contributed by atoms with van der Waals surface area (Å²) in [5.41, 5.74) is 1.37. The Balaban J connectivity index is 1.60. The van der Waals surface area contributed by atoms with Crippen LogP contribution in [-0.2, 0) is 4.74 Å². The first-order valence-electron chi connectivity index (χ1n) is 9.06. The summed E-state index contributed by atoms with van der Waals surface area (Å²) in [6, 6.07) is 24.5. The Morgan fingerprint density at radius 3 is 1.93 bits per heavy atom. The van der Waals surface area contributed by atoms with Crippen molar-refractivity contribution in [2.75, 3.05) is 18.1 Å². The third-order valence-corrected chi connectivity index (χ3v) is 4.38.